The summed E-state index contributed by atoms with van der Waals surface area (Å²) >= 11 is 0. The van der Waals surface area contributed by atoms with Crippen molar-refractivity contribution in [3.05, 3.63) is 24.0 Å². The van der Waals surface area contributed by atoms with Gasteiger partial charge in [0.15, 0.2) is 0 Å². The number of hydrogen-bond acceptors (Lipinski definition) is 3. The van der Waals surface area contributed by atoms with Gasteiger partial charge in [-0.3, -0.25) is 4.79 Å². The van der Waals surface area contributed by atoms with E-state index < -0.39 is 17.6 Å². The summed E-state index contributed by atoms with van der Waals surface area (Å²) in [6.45, 7) is 9.84. The molecule has 0 aliphatic rings. The fourth-order valence-corrected chi connectivity index (χ4v) is 1.78. The summed E-state index contributed by atoms with van der Waals surface area (Å²) in [4.78, 5) is 24.0. The number of carbonyl (C=O) groups excluding carboxylic acids is 2. The van der Waals surface area contributed by atoms with Gasteiger partial charge in [0.05, 0.1) is 0 Å². The molecule has 1 rings (SSSR count). The van der Waals surface area contributed by atoms with Gasteiger partial charge >= 0.3 is 5.97 Å². The van der Waals surface area contributed by atoms with Crippen LogP contribution in [0.4, 0.5) is 0 Å². The zero-order valence-electron chi connectivity index (χ0n) is 12.9. The van der Waals surface area contributed by atoms with E-state index in [1.807, 2.05) is 23.8 Å². The molecule has 0 aliphatic heterocycles. The Morgan fingerprint density at radius 2 is 2.05 bits per heavy atom. The summed E-state index contributed by atoms with van der Waals surface area (Å²) < 4.78 is 7.11. The van der Waals surface area contributed by atoms with Gasteiger partial charge in [0.2, 0.25) is 0 Å². The number of aromatic nitrogens is 1. The summed E-state index contributed by atoms with van der Waals surface area (Å²) in [5, 5.41) is 2.67. The van der Waals surface area contributed by atoms with Gasteiger partial charge in [-0.25, -0.2) is 4.79 Å². The highest BCUT2D eigenvalue weighted by molar-refractivity contribution is 5.95. The monoisotopic (exact) mass is 280 g/mol. The minimum absolute atomic E-state index is 0.262. The molecule has 20 heavy (non-hydrogen) atoms. The fraction of sp³-hybridized carbons (Fsp3) is 0.600. The van der Waals surface area contributed by atoms with Gasteiger partial charge in [-0.05, 0) is 46.2 Å². The van der Waals surface area contributed by atoms with Crippen molar-refractivity contribution >= 4 is 11.9 Å². The number of ether oxygens (including phenoxy) is 1. The number of carbonyl (C=O) groups is 2. The summed E-state index contributed by atoms with van der Waals surface area (Å²) in [6, 6.07) is 2.89. The maximum absolute atomic E-state index is 12.1. The molecule has 0 bridgehead atoms. The molecule has 1 aromatic heterocycles. The van der Waals surface area contributed by atoms with Crippen LogP contribution in [0, 0.1) is 0 Å². The molecule has 0 aliphatic carbocycles. The standard InChI is InChI=1S/C15H24N2O3/c1-6-9-17-10-7-8-12(17)13(18)16-11(2)14(19)20-15(3,4)5/h7-8,10-11H,6,9H2,1-5H3,(H,16,18)/t11-/m1/s1. The molecule has 0 spiro atoms. The molecule has 0 fully saturated rings. The van der Waals surface area contributed by atoms with Gasteiger partial charge < -0.3 is 14.6 Å². The Morgan fingerprint density at radius 1 is 1.40 bits per heavy atom. The van der Waals surface area contributed by atoms with E-state index in [4.69, 9.17) is 4.74 Å². The van der Waals surface area contributed by atoms with Crippen molar-refractivity contribution in [1.29, 1.82) is 0 Å². The molecular weight excluding hydrogens is 256 g/mol. The van der Waals surface area contributed by atoms with Gasteiger partial charge in [-0.2, -0.15) is 0 Å². The Bertz CT molecular complexity index is 472. The molecule has 0 radical (unpaired) electrons. The highest BCUT2D eigenvalue weighted by Gasteiger charge is 2.24. The maximum Gasteiger partial charge on any atom is 0.328 e. The molecule has 0 unspecified atom stereocenters. The number of hydrogen-bond donors (Lipinski definition) is 1. The highest BCUT2D eigenvalue weighted by Crippen LogP contribution is 2.09. The zero-order chi connectivity index (χ0) is 15.3. The minimum atomic E-state index is -0.674. The summed E-state index contributed by atoms with van der Waals surface area (Å²) in [7, 11) is 0. The minimum Gasteiger partial charge on any atom is -0.458 e. The molecule has 1 atom stereocenters. The largest absolute Gasteiger partial charge is 0.458 e. The number of amides is 1. The Balaban J connectivity index is 2.65. The number of nitrogens with zero attached hydrogens (tertiary/aromatic N) is 1. The number of rotatable bonds is 5. The topological polar surface area (TPSA) is 60.3 Å². The van der Waals surface area contributed by atoms with E-state index in [1.54, 1.807) is 33.8 Å². The Kier molecular flexibility index (Phi) is 5.36. The van der Waals surface area contributed by atoms with Crippen molar-refractivity contribution in [2.45, 2.75) is 59.2 Å². The van der Waals surface area contributed by atoms with Crippen LogP contribution in [0.5, 0.6) is 0 Å². The van der Waals surface area contributed by atoms with Crippen molar-refractivity contribution in [3.8, 4) is 0 Å². The van der Waals surface area contributed by atoms with Gasteiger partial charge in [0.1, 0.15) is 17.3 Å². The van der Waals surface area contributed by atoms with Crippen LogP contribution in [-0.2, 0) is 16.1 Å². The lowest BCUT2D eigenvalue weighted by atomic mass is 10.2. The van der Waals surface area contributed by atoms with E-state index in [2.05, 4.69) is 5.32 Å². The van der Waals surface area contributed by atoms with E-state index in [9.17, 15) is 9.59 Å². The highest BCUT2D eigenvalue weighted by atomic mass is 16.6. The third-order valence-corrected chi connectivity index (χ3v) is 2.63. The van der Waals surface area contributed by atoms with Crippen LogP contribution in [0.25, 0.3) is 0 Å². The number of nitrogens with one attached hydrogen (secondary N) is 1. The lowest BCUT2D eigenvalue weighted by Gasteiger charge is -2.22. The number of esters is 1. The normalized spacial score (nSPS) is 12.8. The van der Waals surface area contributed by atoms with E-state index >= 15 is 0 Å². The van der Waals surface area contributed by atoms with Crippen molar-refractivity contribution in [1.82, 2.24) is 9.88 Å². The Labute approximate surface area is 120 Å². The Hall–Kier alpha value is -1.78. The smallest absolute Gasteiger partial charge is 0.328 e. The lowest BCUT2D eigenvalue weighted by Crippen LogP contribution is -2.42. The molecule has 1 N–H and O–H groups in total. The average Bonchev–Trinajstić information content (AvgIpc) is 2.75. The molecule has 0 saturated carbocycles. The first-order valence-corrected chi connectivity index (χ1v) is 6.93. The average molecular weight is 280 g/mol. The summed E-state index contributed by atoms with van der Waals surface area (Å²) in [6.07, 6.45) is 2.80. The van der Waals surface area contributed by atoms with Crippen LogP contribution in [0.15, 0.2) is 18.3 Å². The predicted molar refractivity (Wildman–Crippen MR) is 77.5 cm³/mol. The second kappa shape index (κ2) is 6.59. The Morgan fingerprint density at radius 3 is 2.60 bits per heavy atom. The van der Waals surface area contributed by atoms with Crippen LogP contribution >= 0.6 is 0 Å². The van der Waals surface area contributed by atoms with Crippen LogP contribution in [0.2, 0.25) is 0 Å². The predicted octanol–water partition coefficient (Wildman–Crippen LogP) is 2.36. The molecule has 0 saturated heterocycles. The van der Waals surface area contributed by atoms with E-state index in [-0.39, 0.29) is 5.91 Å². The van der Waals surface area contributed by atoms with Crippen LogP contribution in [0.1, 0.15) is 51.5 Å². The quantitative estimate of drug-likeness (QED) is 0.842. The SMILES string of the molecule is CCCn1cccc1C(=O)N[C@H](C)C(=O)OC(C)(C)C. The van der Waals surface area contributed by atoms with E-state index in [0.717, 1.165) is 13.0 Å². The summed E-state index contributed by atoms with van der Waals surface area (Å²) in [5.74, 6) is -0.693. The first kappa shape index (κ1) is 16.3. The van der Waals surface area contributed by atoms with Crippen LogP contribution in [-0.4, -0.2) is 28.1 Å². The molecule has 5 nitrogen and oxygen atoms in total. The molecule has 0 aromatic carbocycles. The lowest BCUT2D eigenvalue weighted by molar-refractivity contribution is -0.156. The third-order valence-electron chi connectivity index (χ3n) is 2.63. The van der Waals surface area contributed by atoms with Gasteiger partial charge in [0.25, 0.3) is 5.91 Å². The molecular formula is C15H24N2O3. The van der Waals surface area contributed by atoms with Gasteiger partial charge in [-0.1, -0.05) is 6.92 Å². The van der Waals surface area contributed by atoms with Crippen molar-refractivity contribution < 1.29 is 14.3 Å². The zero-order valence-corrected chi connectivity index (χ0v) is 12.9. The molecule has 112 valence electrons. The second-order valence-electron chi connectivity index (χ2n) is 5.82. The van der Waals surface area contributed by atoms with Crippen molar-refractivity contribution in [3.63, 3.8) is 0 Å². The van der Waals surface area contributed by atoms with Crippen molar-refractivity contribution in [2.75, 3.05) is 0 Å². The maximum atomic E-state index is 12.1. The fourth-order valence-electron chi connectivity index (χ4n) is 1.78. The molecule has 1 aromatic rings. The van der Waals surface area contributed by atoms with Gasteiger partial charge in [0, 0.05) is 12.7 Å². The first-order chi connectivity index (χ1) is 9.24. The first-order valence-electron chi connectivity index (χ1n) is 6.93. The van der Waals surface area contributed by atoms with Crippen molar-refractivity contribution in [2.24, 2.45) is 0 Å². The third kappa shape index (κ3) is 4.72. The molecule has 1 amide bonds. The van der Waals surface area contributed by atoms with E-state index in [1.165, 1.54) is 0 Å². The van der Waals surface area contributed by atoms with Gasteiger partial charge in [-0.15, -0.1) is 0 Å². The second-order valence-corrected chi connectivity index (χ2v) is 5.82. The van der Waals surface area contributed by atoms with Crippen LogP contribution < -0.4 is 5.32 Å². The summed E-state index contributed by atoms with van der Waals surface area (Å²) in [5.41, 5.74) is 0.000602. The molecule has 1 heterocycles. The van der Waals surface area contributed by atoms with Crippen LogP contribution in [0.3, 0.4) is 0 Å². The molecule has 5 heteroatoms. The van der Waals surface area contributed by atoms with E-state index in [0.29, 0.717) is 5.69 Å². The number of aryl methyl sites for hydroxylation is 1.